The van der Waals surface area contributed by atoms with Crippen molar-refractivity contribution in [1.82, 2.24) is 24.6 Å². The maximum Gasteiger partial charge on any atom is 0.416 e. The van der Waals surface area contributed by atoms with E-state index in [4.69, 9.17) is 4.98 Å². The Morgan fingerprint density at radius 1 is 1.12 bits per heavy atom. The van der Waals surface area contributed by atoms with E-state index in [9.17, 15) is 18.0 Å². The average molecular weight is 599 g/mol. The van der Waals surface area contributed by atoms with Gasteiger partial charge in [0.1, 0.15) is 18.0 Å². The molecule has 4 heterocycles. The molecule has 11 heteroatoms. The van der Waals surface area contributed by atoms with E-state index in [1.807, 2.05) is 30.7 Å². The first-order valence-electron chi connectivity index (χ1n) is 14.8. The zero-order chi connectivity index (χ0) is 29.8. The van der Waals surface area contributed by atoms with Crippen LogP contribution in [0.1, 0.15) is 84.9 Å². The molecule has 7 nitrogen and oxygen atoms in total. The summed E-state index contributed by atoms with van der Waals surface area (Å²) in [5.74, 6) is 2.55. The van der Waals surface area contributed by atoms with Crippen LogP contribution in [-0.2, 0) is 31.7 Å². The Bertz CT molecular complexity index is 1500. The number of rotatable bonds is 7. The number of hydrogen-bond donors (Lipinski definition) is 0. The molecule has 2 aromatic heterocycles. The lowest BCUT2D eigenvalue weighted by Crippen LogP contribution is -2.43. The molecule has 3 aromatic rings. The number of nitrogens with zero attached hydrogens (tertiary/aromatic N) is 6. The van der Waals surface area contributed by atoms with Gasteiger partial charge in [-0.3, -0.25) is 14.6 Å². The van der Waals surface area contributed by atoms with Gasteiger partial charge in [0, 0.05) is 25.7 Å². The van der Waals surface area contributed by atoms with E-state index in [-0.39, 0.29) is 17.7 Å². The molecule has 1 atom stereocenters. The van der Waals surface area contributed by atoms with Gasteiger partial charge in [0.2, 0.25) is 0 Å². The summed E-state index contributed by atoms with van der Waals surface area (Å²) in [6.45, 7) is 8.33. The number of aryl methyl sites for hydroxylation is 1. The topological polar surface area (TPSA) is 67.2 Å². The highest BCUT2D eigenvalue weighted by Crippen LogP contribution is 2.52. The molecule has 3 aliphatic rings. The minimum atomic E-state index is -4.57. The van der Waals surface area contributed by atoms with Gasteiger partial charge >= 0.3 is 6.18 Å². The minimum Gasteiger partial charge on any atom is -0.320 e. The fourth-order valence-electron chi connectivity index (χ4n) is 7.21. The number of halogens is 3. The van der Waals surface area contributed by atoms with E-state index >= 15 is 0 Å². The lowest BCUT2D eigenvalue weighted by Gasteiger charge is -2.46. The molecule has 0 unspecified atom stereocenters. The third-order valence-corrected chi connectivity index (χ3v) is 9.79. The Labute approximate surface area is 248 Å². The van der Waals surface area contributed by atoms with Gasteiger partial charge in [-0.1, -0.05) is 20.8 Å². The molecule has 0 N–H and O–H groups in total. The molecular formula is C31H37F3N6OS. The second-order valence-electron chi connectivity index (χ2n) is 12.4. The number of anilines is 1. The van der Waals surface area contributed by atoms with Crippen molar-refractivity contribution in [2.24, 2.45) is 18.9 Å². The van der Waals surface area contributed by atoms with Crippen LogP contribution in [0.3, 0.4) is 0 Å². The lowest BCUT2D eigenvalue weighted by molar-refractivity contribution is -0.138. The number of carbonyl (C=O) groups excluding carboxylic acids is 1. The predicted octanol–water partition coefficient (Wildman–Crippen LogP) is 6.45. The Hall–Kier alpha value is -2.92. The normalized spacial score (nSPS) is 24.6. The largest absolute Gasteiger partial charge is 0.416 e. The molecule has 224 valence electrons. The zero-order valence-corrected chi connectivity index (χ0v) is 25.4. The van der Waals surface area contributed by atoms with Crippen LogP contribution < -0.4 is 4.90 Å². The molecule has 1 saturated heterocycles. The van der Waals surface area contributed by atoms with Crippen molar-refractivity contribution in [2.45, 2.75) is 76.2 Å². The van der Waals surface area contributed by atoms with Gasteiger partial charge in [-0.05, 0) is 90.8 Å². The lowest BCUT2D eigenvalue weighted by atomic mass is 9.58. The van der Waals surface area contributed by atoms with Gasteiger partial charge in [-0.2, -0.15) is 13.2 Å². The maximum absolute atomic E-state index is 14.4. The summed E-state index contributed by atoms with van der Waals surface area (Å²) in [7, 11) is 1.92. The van der Waals surface area contributed by atoms with E-state index in [0.717, 1.165) is 60.9 Å². The number of likely N-dealkylation sites (tertiary alicyclic amines) is 1. The third kappa shape index (κ3) is 5.23. The Morgan fingerprint density at radius 2 is 1.90 bits per heavy atom. The van der Waals surface area contributed by atoms with E-state index in [1.165, 1.54) is 11.0 Å². The smallest absolute Gasteiger partial charge is 0.320 e. The molecule has 6 rings (SSSR count). The van der Waals surface area contributed by atoms with Crippen LogP contribution >= 0.6 is 11.8 Å². The Kier molecular flexibility index (Phi) is 7.62. The number of aromatic nitrogens is 4. The highest BCUT2D eigenvalue weighted by atomic mass is 32.2. The molecule has 1 amide bonds. The summed E-state index contributed by atoms with van der Waals surface area (Å²) >= 11 is 1.55. The third-order valence-electron chi connectivity index (χ3n) is 9.00. The number of amides is 1. The van der Waals surface area contributed by atoms with Crippen LogP contribution in [0.5, 0.6) is 0 Å². The first-order chi connectivity index (χ1) is 20.0. The standard InChI is InChI=1S/C31H37F3N6OS/c1-5-42-27-12-22(30(13-20(3)14-30)29-37-35-18-38(29)4)11-26(36-27)40-17-24-23(28(40)41)9-21(10-25(24)31(32,33)34)16-39-8-6-7-19(2)15-39/h9-12,18-20H,5-8,13-17H2,1-4H3/t19-,20-,30-/m0/s1. The summed E-state index contributed by atoms with van der Waals surface area (Å²) in [5.41, 5.74) is 0.536. The first kappa shape index (κ1) is 29.2. The molecule has 0 radical (unpaired) electrons. The van der Waals surface area contributed by atoms with Crippen LogP contribution in [0, 0.1) is 11.8 Å². The number of piperidine rings is 1. The van der Waals surface area contributed by atoms with Crippen molar-refractivity contribution in [3.05, 3.63) is 64.2 Å². The Balaban J connectivity index is 1.40. The molecule has 1 aromatic carbocycles. The zero-order valence-electron chi connectivity index (χ0n) is 24.5. The van der Waals surface area contributed by atoms with Gasteiger partial charge in [0.05, 0.1) is 22.5 Å². The summed E-state index contributed by atoms with van der Waals surface area (Å²) in [5, 5.41) is 9.31. The van der Waals surface area contributed by atoms with Gasteiger partial charge in [0.25, 0.3) is 5.91 Å². The van der Waals surface area contributed by atoms with E-state index in [0.29, 0.717) is 29.8 Å². The molecular weight excluding hydrogens is 561 g/mol. The predicted molar refractivity (Wildman–Crippen MR) is 156 cm³/mol. The van der Waals surface area contributed by atoms with Crippen LogP contribution in [0.2, 0.25) is 0 Å². The summed E-state index contributed by atoms with van der Waals surface area (Å²) in [6, 6.07) is 6.85. The number of carbonyl (C=O) groups is 1. The first-order valence-corrected chi connectivity index (χ1v) is 15.7. The fraction of sp³-hybridized carbons (Fsp3) is 0.548. The van der Waals surface area contributed by atoms with Gasteiger partial charge in [-0.15, -0.1) is 22.0 Å². The molecule has 42 heavy (non-hydrogen) atoms. The fourth-order valence-corrected chi connectivity index (χ4v) is 7.87. The van der Waals surface area contributed by atoms with Gasteiger partial charge in [-0.25, -0.2) is 4.98 Å². The maximum atomic E-state index is 14.4. The Morgan fingerprint density at radius 3 is 2.55 bits per heavy atom. The number of fused-ring (bicyclic) bond motifs is 1. The molecule has 1 saturated carbocycles. The number of pyridine rings is 1. The molecule has 2 fully saturated rings. The van der Waals surface area contributed by atoms with Crippen molar-refractivity contribution in [3.63, 3.8) is 0 Å². The second-order valence-corrected chi connectivity index (χ2v) is 13.7. The molecule has 0 spiro atoms. The second kappa shape index (κ2) is 11.0. The van der Waals surface area contributed by atoms with Gasteiger partial charge in [0.15, 0.2) is 0 Å². The van der Waals surface area contributed by atoms with Crippen molar-refractivity contribution in [2.75, 3.05) is 23.7 Å². The number of hydrogen-bond acceptors (Lipinski definition) is 6. The van der Waals surface area contributed by atoms with E-state index in [1.54, 1.807) is 24.2 Å². The van der Waals surface area contributed by atoms with E-state index < -0.39 is 23.1 Å². The van der Waals surface area contributed by atoms with Crippen molar-refractivity contribution < 1.29 is 18.0 Å². The monoisotopic (exact) mass is 598 g/mol. The summed E-state index contributed by atoms with van der Waals surface area (Å²) < 4.78 is 45.2. The van der Waals surface area contributed by atoms with Crippen LogP contribution in [0.15, 0.2) is 35.6 Å². The highest BCUT2D eigenvalue weighted by Gasteiger charge is 2.49. The summed E-state index contributed by atoms with van der Waals surface area (Å²) in [4.78, 5) is 22.3. The van der Waals surface area contributed by atoms with Crippen molar-refractivity contribution in [1.29, 1.82) is 0 Å². The van der Waals surface area contributed by atoms with Crippen LogP contribution in [0.4, 0.5) is 19.0 Å². The van der Waals surface area contributed by atoms with Crippen molar-refractivity contribution >= 4 is 23.5 Å². The molecule has 2 aliphatic heterocycles. The minimum absolute atomic E-state index is 0.0282. The van der Waals surface area contributed by atoms with Crippen LogP contribution in [-0.4, -0.2) is 49.4 Å². The van der Waals surface area contributed by atoms with Crippen LogP contribution in [0.25, 0.3) is 0 Å². The van der Waals surface area contributed by atoms with Gasteiger partial charge < -0.3 is 4.57 Å². The summed E-state index contributed by atoms with van der Waals surface area (Å²) in [6.07, 6.45) is 1.00. The highest BCUT2D eigenvalue weighted by molar-refractivity contribution is 7.99. The molecule has 0 bridgehead atoms. The SMILES string of the molecule is CCSc1cc([C@]2(c3nncn3C)C[C@H](C)C2)cc(N2Cc3c(cc(CN4CCC[C@H](C)C4)cc3C(F)(F)F)C2=O)n1. The average Bonchev–Trinajstić information content (AvgIpc) is 3.49. The number of alkyl halides is 3. The number of benzene rings is 1. The van der Waals surface area contributed by atoms with Crippen molar-refractivity contribution in [3.8, 4) is 0 Å². The quantitative estimate of drug-likeness (QED) is 0.291. The van der Waals surface area contributed by atoms with E-state index in [2.05, 4.69) is 28.9 Å². The molecule has 1 aliphatic carbocycles. The number of thioether (sulfide) groups is 1.